The number of carbonyl (C=O) groups excluding carboxylic acids is 1. The topological polar surface area (TPSA) is 88.1 Å². The van der Waals surface area contributed by atoms with Crippen LogP contribution in [0.25, 0.3) is 0 Å². The fourth-order valence-electron chi connectivity index (χ4n) is 3.25. The molecule has 0 aliphatic rings. The number of nitrogens with zero attached hydrogens (tertiary/aromatic N) is 1. The maximum atomic E-state index is 14.0. The first-order valence-corrected chi connectivity index (χ1v) is 13.1. The Balaban J connectivity index is 1.93. The van der Waals surface area contributed by atoms with Crippen LogP contribution in [-0.2, 0) is 16.0 Å². The molecule has 0 aliphatic carbocycles. The van der Waals surface area contributed by atoms with Crippen LogP contribution < -0.4 is 10.1 Å². The maximum absolute atomic E-state index is 14.0. The van der Waals surface area contributed by atoms with Gasteiger partial charge in [0.15, 0.2) is 6.10 Å². The third kappa shape index (κ3) is 10.4. The quantitative estimate of drug-likeness (QED) is 0.284. The Morgan fingerprint density at radius 2 is 1.83 bits per heavy atom. The van der Waals surface area contributed by atoms with Crippen molar-refractivity contribution < 1.29 is 33.0 Å². The van der Waals surface area contributed by atoms with E-state index in [1.54, 1.807) is 43.0 Å². The second-order valence-corrected chi connectivity index (χ2v) is 9.21. The number of halogens is 2. The molecule has 2 amide bonds. The number of carboxylic acid groups (broad SMARTS) is 1. The second kappa shape index (κ2) is 16.0. The molecule has 10 heteroatoms. The molecule has 7 nitrogen and oxygen atoms in total. The van der Waals surface area contributed by atoms with Crippen LogP contribution in [-0.4, -0.2) is 65.9 Å². The van der Waals surface area contributed by atoms with Gasteiger partial charge in [-0.3, -0.25) is 0 Å². The van der Waals surface area contributed by atoms with E-state index in [2.05, 4.69) is 12.2 Å². The molecule has 198 valence electrons. The molecule has 2 aromatic carbocycles. The van der Waals surface area contributed by atoms with Gasteiger partial charge in [-0.25, -0.2) is 18.4 Å². The number of carbonyl (C=O) groups is 2. The molecule has 0 saturated carbocycles. The second-order valence-electron chi connectivity index (χ2n) is 7.99. The van der Waals surface area contributed by atoms with E-state index in [4.69, 9.17) is 9.47 Å². The molecule has 0 bridgehead atoms. The van der Waals surface area contributed by atoms with Gasteiger partial charge in [0, 0.05) is 31.4 Å². The van der Waals surface area contributed by atoms with Gasteiger partial charge in [0.2, 0.25) is 0 Å². The summed E-state index contributed by atoms with van der Waals surface area (Å²) in [5, 5.41) is 11.7. The van der Waals surface area contributed by atoms with Gasteiger partial charge in [0.05, 0.1) is 12.2 Å². The number of hydrogen-bond donors (Lipinski definition) is 2. The third-order valence-electron chi connectivity index (χ3n) is 5.23. The zero-order chi connectivity index (χ0) is 26.3. The Kier molecular flexibility index (Phi) is 13.1. The fourth-order valence-corrected chi connectivity index (χ4v) is 4.30. The molecule has 2 aromatic rings. The van der Waals surface area contributed by atoms with Gasteiger partial charge in [-0.1, -0.05) is 25.5 Å². The maximum Gasteiger partial charge on any atom is 0.333 e. The van der Waals surface area contributed by atoms with Crippen LogP contribution in [0.3, 0.4) is 0 Å². The zero-order valence-corrected chi connectivity index (χ0v) is 21.5. The highest BCUT2D eigenvalue weighted by atomic mass is 32.2. The van der Waals surface area contributed by atoms with Gasteiger partial charge in [0.25, 0.3) is 0 Å². The molecule has 2 rings (SSSR count). The van der Waals surface area contributed by atoms with Gasteiger partial charge in [-0.05, 0) is 48.9 Å². The number of rotatable bonds is 16. The first-order valence-electron chi connectivity index (χ1n) is 12.0. The van der Waals surface area contributed by atoms with Crippen molar-refractivity contribution in [2.24, 2.45) is 0 Å². The van der Waals surface area contributed by atoms with Crippen LogP contribution in [0.1, 0.15) is 32.3 Å². The smallest absolute Gasteiger partial charge is 0.333 e. The predicted octanol–water partition coefficient (Wildman–Crippen LogP) is 5.44. The number of nitrogens with one attached hydrogen (secondary N) is 1. The summed E-state index contributed by atoms with van der Waals surface area (Å²) in [6.07, 6.45) is 1.52. The summed E-state index contributed by atoms with van der Waals surface area (Å²) < 4.78 is 38.2. The van der Waals surface area contributed by atoms with E-state index in [9.17, 15) is 23.5 Å². The molecule has 0 aliphatic heterocycles. The van der Waals surface area contributed by atoms with Gasteiger partial charge in [0.1, 0.15) is 24.0 Å². The molecule has 36 heavy (non-hydrogen) atoms. The average Bonchev–Trinajstić information content (AvgIpc) is 2.85. The molecule has 1 atom stereocenters. The molecule has 0 aromatic heterocycles. The summed E-state index contributed by atoms with van der Waals surface area (Å²) in [6.45, 7) is 5.08. The number of ether oxygens (including phenoxy) is 2. The average molecular weight is 525 g/mol. The Labute approximate surface area is 215 Å². The van der Waals surface area contributed by atoms with Crippen LogP contribution >= 0.6 is 11.8 Å². The van der Waals surface area contributed by atoms with Crippen molar-refractivity contribution in [3.05, 3.63) is 59.7 Å². The Hall–Kier alpha value is -2.85. The number of unbranched alkanes of at least 4 members (excludes halogenated alkanes) is 1. The minimum atomic E-state index is -1.01. The molecule has 0 fully saturated rings. The summed E-state index contributed by atoms with van der Waals surface area (Å²) in [6, 6.07) is 9.52. The number of aliphatic carboxylic acids is 1. The molecule has 2 N–H and O–H groups in total. The van der Waals surface area contributed by atoms with Crippen LogP contribution in [0.2, 0.25) is 0 Å². The number of thioether (sulfide) groups is 1. The van der Waals surface area contributed by atoms with Gasteiger partial charge >= 0.3 is 12.0 Å². The lowest BCUT2D eigenvalue weighted by Gasteiger charge is -2.23. The Morgan fingerprint density at radius 1 is 1.08 bits per heavy atom. The van der Waals surface area contributed by atoms with Crippen LogP contribution in [0, 0.1) is 11.6 Å². The van der Waals surface area contributed by atoms with Crippen molar-refractivity contribution in [3.8, 4) is 5.75 Å². The van der Waals surface area contributed by atoms with Crippen LogP contribution in [0.4, 0.5) is 19.3 Å². The number of urea groups is 1. The molecule has 0 radical (unpaired) electrons. The SMILES string of the molecule is CCCCSCCN(CCOc1ccc(CC(OCC)C(=O)O)cc1)C(=O)Nc1ccc(F)cc1F. The lowest BCUT2D eigenvalue weighted by atomic mass is 10.1. The van der Waals surface area contributed by atoms with Crippen LogP contribution in [0.5, 0.6) is 5.75 Å². The third-order valence-corrected chi connectivity index (χ3v) is 6.27. The summed E-state index contributed by atoms with van der Waals surface area (Å²) in [4.78, 5) is 25.6. The minimum Gasteiger partial charge on any atom is -0.492 e. The summed E-state index contributed by atoms with van der Waals surface area (Å²) in [5.74, 6) is -0.281. The molecule has 0 saturated heterocycles. The van der Waals surface area contributed by atoms with E-state index in [0.717, 1.165) is 42.0 Å². The highest BCUT2D eigenvalue weighted by molar-refractivity contribution is 7.99. The molecule has 1 unspecified atom stereocenters. The van der Waals surface area contributed by atoms with Crippen molar-refractivity contribution >= 4 is 29.4 Å². The van der Waals surface area contributed by atoms with Crippen molar-refractivity contribution in [2.75, 3.05) is 43.1 Å². The largest absolute Gasteiger partial charge is 0.492 e. The van der Waals surface area contributed by atoms with Gasteiger partial charge < -0.3 is 24.8 Å². The van der Waals surface area contributed by atoms with Crippen molar-refractivity contribution in [3.63, 3.8) is 0 Å². The first-order chi connectivity index (χ1) is 17.3. The number of anilines is 1. The van der Waals surface area contributed by atoms with Crippen molar-refractivity contribution in [1.29, 1.82) is 0 Å². The first kappa shape index (κ1) is 29.4. The normalized spacial score (nSPS) is 11.7. The standard InChI is InChI=1S/C26H34F2N2O5S/c1-3-5-15-36-16-13-30(26(33)29-23-11-8-20(27)18-22(23)28)12-14-35-21-9-6-19(7-10-21)17-24(25(31)32)34-4-2/h6-11,18,24H,3-5,12-17H2,1-2H3,(H,29,33)(H,31,32). The van der Waals surface area contributed by atoms with Crippen molar-refractivity contribution in [1.82, 2.24) is 4.90 Å². The lowest BCUT2D eigenvalue weighted by Crippen LogP contribution is -2.39. The number of amides is 2. The van der Waals surface area contributed by atoms with E-state index < -0.39 is 29.7 Å². The van der Waals surface area contributed by atoms with E-state index >= 15 is 0 Å². The molecule has 0 spiro atoms. The lowest BCUT2D eigenvalue weighted by molar-refractivity contribution is -0.149. The summed E-state index contributed by atoms with van der Waals surface area (Å²) in [5.41, 5.74) is 0.711. The summed E-state index contributed by atoms with van der Waals surface area (Å²) in [7, 11) is 0. The van der Waals surface area contributed by atoms with Gasteiger partial charge in [-0.15, -0.1) is 0 Å². The van der Waals surface area contributed by atoms with Crippen LogP contribution in [0.15, 0.2) is 42.5 Å². The van der Waals surface area contributed by atoms with Crippen molar-refractivity contribution in [2.45, 2.75) is 39.2 Å². The monoisotopic (exact) mass is 524 g/mol. The summed E-state index contributed by atoms with van der Waals surface area (Å²) >= 11 is 1.74. The predicted molar refractivity (Wildman–Crippen MR) is 138 cm³/mol. The Bertz CT molecular complexity index is 962. The highest BCUT2D eigenvalue weighted by Gasteiger charge is 2.18. The number of carboxylic acids is 1. The zero-order valence-electron chi connectivity index (χ0n) is 20.7. The molecule has 0 heterocycles. The van der Waals surface area contributed by atoms with E-state index in [1.807, 2.05) is 0 Å². The highest BCUT2D eigenvalue weighted by Crippen LogP contribution is 2.17. The number of benzene rings is 2. The molecular weight excluding hydrogens is 490 g/mol. The minimum absolute atomic E-state index is 0.0896. The van der Waals surface area contributed by atoms with E-state index in [1.165, 1.54) is 11.0 Å². The van der Waals surface area contributed by atoms with Gasteiger partial charge in [-0.2, -0.15) is 11.8 Å². The Morgan fingerprint density at radius 3 is 2.47 bits per heavy atom. The molecular formula is C26H34F2N2O5S. The number of hydrogen-bond acceptors (Lipinski definition) is 5. The van der Waals surface area contributed by atoms with E-state index in [-0.39, 0.29) is 25.3 Å². The van der Waals surface area contributed by atoms with E-state index in [0.29, 0.717) is 18.9 Å². The fraction of sp³-hybridized carbons (Fsp3) is 0.462.